The first kappa shape index (κ1) is 25.1. The zero-order valence-corrected chi connectivity index (χ0v) is 21.1. The van der Waals surface area contributed by atoms with Gasteiger partial charge >= 0.3 is 0 Å². The average molecular weight is 492 g/mol. The maximum atomic E-state index is 13.6. The second-order valence-corrected chi connectivity index (χ2v) is 9.62. The SMILES string of the molecule is Cc1ccc(OC(C)C(=O)NCCOc2ccc3nnc(-c4cccc(F)c4)n3n2)c(C(C)(C)C)c1. The molecule has 8 nitrogen and oxygen atoms in total. The minimum Gasteiger partial charge on any atom is -0.481 e. The van der Waals surface area contributed by atoms with Gasteiger partial charge in [0.2, 0.25) is 5.88 Å². The molecule has 0 spiro atoms. The zero-order valence-electron chi connectivity index (χ0n) is 21.1. The molecule has 4 rings (SSSR count). The fourth-order valence-corrected chi connectivity index (χ4v) is 3.71. The van der Waals surface area contributed by atoms with E-state index < -0.39 is 6.10 Å². The summed E-state index contributed by atoms with van der Waals surface area (Å²) in [6, 6.07) is 15.4. The highest BCUT2D eigenvalue weighted by molar-refractivity contribution is 5.80. The van der Waals surface area contributed by atoms with Crippen LogP contribution < -0.4 is 14.8 Å². The van der Waals surface area contributed by atoms with Crippen molar-refractivity contribution < 1.29 is 18.7 Å². The number of carbonyl (C=O) groups excluding carboxylic acids is 1. The number of carbonyl (C=O) groups is 1. The second-order valence-electron chi connectivity index (χ2n) is 9.62. The predicted molar refractivity (Wildman–Crippen MR) is 135 cm³/mol. The average Bonchev–Trinajstić information content (AvgIpc) is 3.25. The van der Waals surface area contributed by atoms with Gasteiger partial charge in [0.1, 0.15) is 18.2 Å². The van der Waals surface area contributed by atoms with Crippen LogP contribution in [-0.2, 0) is 10.2 Å². The Kier molecular flexibility index (Phi) is 7.19. The minimum absolute atomic E-state index is 0.112. The van der Waals surface area contributed by atoms with Gasteiger partial charge in [-0.05, 0) is 49.1 Å². The van der Waals surface area contributed by atoms with Gasteiger partial charge in [0.25, 0.3) is 5.91 Å². The van der Waals surface area contributed by atoms with Crippen LogP contribution in [0, 0.1) is 12.7 Å². The number of halogens is 1. The van der Waals surface area contributed by atoms with Gasteiger partial charge in [-0.1, -0.05) is 50.6 Å². The highest BCUT2D eigenvalue weighted by Crippen LogP contribution is 2.32. The van der Waals surface area contributed by atoms with Crippen molar-refractivity contribution in [1.82, 2.24) is 25.1 Å². The van der Waals surface area contributed by atoms with E-state index in [-0.39, 0.29) is 30.3 Å². The van der Waals surface area contributed by atoms with Crippen molar-refractivity contribution in [3.05, 3.63) is 71.5 Å². The fourth-order valence-electron chi connectivity index (χ4n) is 3.71. The third kappa shape index (κ3) is 5.79. The summed E-state index contributed by atoms with van der Waals surface area (Å²) in [5.41, 5.74) is 3.14. The molecule has 1 unspecified atom stereocenters. The molecule has 0 saturated carbocycles. The fraction of sp³-hybridized carbons (Fsp3) is 0.333. The third-order valence-electron chi connectivity index (χ3n) is 5.59. The smallest absolute Gasteiger partial charge is 0.260 e. The molecule has 9 heteroatoms. The van der Waals surface area contributed by atoms with E-state index in [9.17, 15) is 9.18 Å². The second kappa shape index (κ2) is 10.3. The first-order valence-corrected chi connectivity index (χ1v) is 11.8. The van der Waals surface area contributed by atoms with Crippen LogP contribution >= 0.6 is 0 Å². The number of fused-ring (bicyclic) bond motifs is 1. The summed E-state index contributed by atoms with van der Waals surface area (Å²) < 4.78 is 26.8. The van der Waals surface area contributed by atoms with Gasteiger partial charge in [-0.25, -0.2) is 4.39 Å². The third-order valence-corrected chi connectivity index (χ3v) is 5.59. The number of hydrogen-bond donors (Lipinski definition) is 1. The number of ether oxygens (including phenoxy) is 2. The maximum absolute atomic E-state index is 13.6. The van der Waals surface area contributed by atoms with Crippen LogP contribution in [0.15, 0.2) is 54.6 Å². The molecule has 0 fully saturated rings. The van der Waals surface area contributed by atoms with Crippen molar-refractivity contribution in [3.8, 4) is 23.0 Å². The van der Waals surface area contributed by atoms with Gasteiger partial charge in [0, 0.05) is 11.6 Å². The predicted octanol–water partition coefficient (Wildman–Crippen LogP) is 4.50. The molecule has 1 N–H and O–H groups in total. The lowest BCUT2D eigenvalue weighted by Gasteiger charge is -2.25. The van der Waals surface area contributed by atoms with Gasteiger partial charge < -0.3 is 14.8 Å². The molecule has 36 heavy (non-hydrogen) atoms. The first-order valence-electron chi connectivity index (χ1n) is 11.8. The maximum Gasteiger partial charge on any atom is 0.260 e. The quantitative estimate of drug-likeness (QED) is 0.365. The van der Waals surface area contributed by atoms with Crippen LogP contribution in [0.25, 0.3) is 17.0 Å². The summed E-state index contributed by atoms with van der Waals surface area (Å²) in [4.78, 5) is 12.6. The Bertz CT molecular complexity index is 1380. The normalized spacial score (nSPS) is 12.4. The zero-order chi connectivity index (χ0) is 25.9. The van der Waals surface area contributed by atoms with E-state index in [0.717, 1.165) is 11.1 Å². The highest BCUT2D eigenvalue weighted by atomic mass is 19.1. The summed E-state index contributed by atoms with van der Waals surface area (Å²) in [6.07, 6.45) is -0.672. The molecule has 0 saturated heterocycles. The molecule has 2 heterocycles. The van der Waals surface area contributed by atoms with Crippen LogP contribution in [0.1, 0.15) is 38.8 Å². The number of hydrogen-bond acceptors (Lipinski definition) is 6. The Morgan fingerprint density at radius 1 is 1.11 bits per heavy atom. The molecule has 0 aliphatic rings. The number of rotatable bonds is 8. The van der Waals surface area contributed by atoms with Gasteiger partial charge in [0.05, 0.1) is 6.54 Å². The topological polar surface area (TPSA) is 90.6 Å². The number of nitrogens with zero attached hydrogens (tertiary/aromatic N) is 4. The van der Waals surface area contributed by atoms with Gasteiger partial charge in [-0.3, -0.25) is 4.79 Å². The van der Waals surface area contributed by atoms with E-state index in [1.54, 1.807) is 31.2 Å². The molecular formula is C27H30FN5O3. The number of nitrogens with one attached hydrogen (secondary N) is 1. The number of benzene rings is 2. The Morgan fingerprint density at radius 2 is 1.92 bits per heavy atom. The first-order chi connectivity index (χ1) is 17.1. The van der Waals surface area contributed by atoms with Crippen LogP contribution in [0.4, 0.5) is 4.39 Å². The number of aryl methyl sites for hydroxylation is 1. The molecule has 0 radical (unpaired) electrons. The van der Waals surface area contributed by atoms with Crippen LogP contribution in [0.3, 0.4) is 0 Å². The Labute approximate surface area is 209 Å². The van der Waals surface area contributed by atoms with Gasteiger partial charge in [0.15, 0.2) is 17.6 Å². The van der Waals surface area contributed by atoms with Gasteiger partial charge in [-0.15, -0.1) is 15.3 Å². The standard InChI is InChI=1S/C27H30FN5O3/c1-17-9-10-22(21(15-17)27(3,4)5)36-18(2)26(34)29-13-14-35-24-12-11-23-30-31-25(33(23)32-24)19-7-6-8-20(28)16-19/h6-12,15-16,18H,13-14H2,1-5H3,(H,29,34). The van der Waals surface area contributed by atoms with E-state index in [4.69, 9.17) is 9.47 Å². The van der Waals surface area contributed by atoms with Crippen LogP contribution in [0.5, 0.6) is 11.6 Å². The van der Waals surface area contributed by atoms with Crippen molar-refractivity contribution in [3.63, 3.8) is 0 Å². The summed E-state index contributed by atoms with van der Waals surface area (Å²) >= 11 is 0. The van der Waals surface area contributed by atoms with E-state index in [0.29, 0.717) is 28.7 Å². The van der Waals surface area contributed by atoms with Crippen molar-refractivity contribution in [2.45, 2.75) is 46.1 Å². The highest BCUT2D eigenvalue weighted by Gasteiger charge is 2.22. The van der Waals surface area contributed by atoms with Crippen molar-refractivity contribution in [2.75, 3.05) is 13.2 Å². The molecule has 0 bridgehead atoms. The van der Waals surface area contributed by atoms with E-state index in [2.05, 4.69) is 47.5 Å². The molecule has 1 atom stereocenters. The minimum atomic E-state index is -0.672. The number of amides is 1. The van der Waals surface area contributed by atoms with Crippen molar-refractivity contribution in [1.29, 1.82) is 0 Å². The van der Waals surface area contributed by atoms with Crippen LogP contribution in [-0.4, -0.2) is 45.0 Å². The van der Waals surface area contributed by atoms with Crippen molar-refractivity contribution >= 4 is 11.6 Å². The van der Waals surface area contributed by atoms with E-state index in [1.165, 1.54) is 16.6 Å². The lowest BCUT2D eigenvalue weighted by molar-refractivity contribution is -0.127. The van der Waals surface area contributed by atoms with Crippen LogP contribution in [0.2, 0.25) is 0 Å². The summed E-state index contributed by atoms with van der Waals surface area (Å²) in [6.45, 7) is 10.6. The largest absolute Gasteiger partial charge is 0.481 e. The van der Waals surface area contributed by atoms with E-state index >= 15 is 0 Å². The molecular weight excluding hydrogens is 461 g/mol. The molecule has 2 aromatic heterocycles. The monoisotopic (exact) mass is 491 g/mol. The lowest BCUT2D eigenvalue weighted by atomic mass is 9.85. The van der Waals surface area contributed by atoms with E-state index in [1.807, 2.05) is 19.1 Å². The number of aromatic nitrogens is 4. The summed E-state index contributed by atoms with van der Waals surface area (Å²) in [5.74, 6) is 0.817. The molecule has 2 aromatic carbocycles. The molecule has 0 aliphatic heterocycles. The Hall–Kier alpha value is -4.01. The molecule has 1 amide bonds. The lowest BCUT2D eigenvalue weighted by Crippen LogP contribution is -2.38. The van der Waals surface area contributed by atoms with Gasteiger partial charge in [-0.2, -0.15) is 4.52 Å². The Balaban J connectivity index is 1.34. The summed E-state index contributed by atoms with van der Waals surface area (Å²) in [5, 5.41) is 15.4. The molecule has 0 aliphatic carbocycles. The Morgan fingerprint density at radius 3 is 2.67 bits per heavy atom. The summed E-state index contributed by atoms with van der Waals surface area (Å²) in [7, 11) is 0. The molecule has 4 aromatic rings. The molecule has 188 valence electrons. The van der Waals surface area contributed by atoms with Crippen molar-refractivity contribution in [2.24, 2.45) is 0 Å².